The van der Waals surface area contributed by atoms with Crippen LogP contribution in [0.4, 0.5) is 24.5 Å². The van der Waals surface area contributed by atoms with Crippen LogP contribution in [-0.2, 0) is 0 Å². The lowest BCUT2D eigenvalue weighted by Crippen LogP contribution is -2.31. The predicted molar refractivity (Wildman–Crippen MR) is 123 cm³/mol. The molecule has 1 aliphatic rings. The second-order valence-electron chi connectivity index (χ2n) is 7.93. The number of nitrogens with zero attached hydrogens (tertiary/aromatic N) is 3. The highest BCUT2D eigenvalue weighted by Crippen LogP contribution is 2.35. The normalized spacial score (nSPS) is 16.3. The Labute approximate surface area is 193 Å². The van der Waals surface area contributed by atoms with Gasteiger partial charge < -0.3 is 19.9 Å². The smallest absolute Gasteiger partial charge is 0.405 e. The molecular weight excluding hydrogens is 453 g/mol. The van der Waals surface area contributed by atoms with Crippen LogP contribution >= 0.6 is 11.3 Å². The molecule has 1 saturated heterocycles. The first-order valence-corrected chi connectivity index (χ1v) is 11.2. The Morgan fingerprint density at radius 2 is 1.91 bits per heavy atom. The van der Waals surface area contributed by atoms with Crippen molar-refractivity contribution in [2.75, 3.05) is 37.4 Å². The highest BCUT2D eigenvalue weighted by atomic mass is 32.1. The van der Waals surface area contributed by atoms with Crippen LogP contribution in [-0.4, -0.2) is 55.4 Å². The lowest BCUT2D eigenvalue weighted by Gasteiger charge is -2.22. The summed E-state index contributed by atoms with van der Waals surface area (Å²) in [6.45, 7) is 1.94. The van der Waals surface area contributed by atoms with Gasteiger partial charge in [-0.25, -0.2) is 4.98 Å². The molecule has 174 valence electrons. The number of benzene rings is 2. The average molecular weight is 477 g/mol. The molecule has 10 heteroatoms. The second-order valence-corrected chi connectivity index (χ2v) is 8.79. The Morgan fingerprint density at radius 3 is 2.58 bits per heavy atom. The third kappa shape index (κ3) is 5.63. The molecule has 1 fully saturated rings. The van der Waals surface area contributed by atoms with Gasteiger partial charge in [0.1, 0.15) is 16.5 Å². The quantitative estimate of drug-likeness (QED) is 0.536. The molecule has 1 aliphatic heterocycles. The molecule has 2 heterocycles. The zero-order valence-corrected chi connectivity index (χ0v) is 18.9. The number of para-hydroxylation sites is 1. The fraction of sp³-hybridized carbons (Fsp3) is 0.304. The Bertz CT molecular complexity index is 1120. The SMILES string of the molecule is CN(C)C1CCN(c2ccc(NC(=O)c3csc(-c4ccccc4OC(F)(F)F)n3)cc2)C1. The molecule has 1 aromatic heterocycles. The van der Waals surface area contributed by atoms with E-state index in [9.17, 15) is 18.0 Å². The highest BCUT2D eigenvalue weighted by Gasteiger charge is 2.32. The summed E-state index contributed by atoms with van der Waals surface area (Å²) in [5, 5.41) is 4.56. The van der Waals surface area contributed by atoms with Crippen LogP contribution in [0.3, 0.4) is 0 Å². The van der Waals surface area contributed by atoms with Crippen molar-refractivity contribution in [1.82, 2.24) is 9.88 Å². The Morgan fingerprint density at radius 1 is 1.18 bits per heavy atom. The Hall–Kier alpha value is -3.11. The van der Waals surface area contributed by atoms with Crippen LogP contribution in [0.15, 0.2) is 53.9 Å². The van der Waals surface area contributed by atoms with Crippen molar-refractivity contribution in [2.24, 2.45) is 0 Å². The summed E-state index contributed by atoms with van der Waals surface area (Å²) in [6.07, 6.45) is -3.71. The molecule has 1 N–H and O–H groups in total. The van der Waals surface area contributed by atoms with Gasteiger partial charge in [-0.05, 0) is 56.9 Å². The summed E-state index contributed by atoms with van der Waals surface area (Å²) < 4.78 is 42.1. The maximum absolute atomic E-state index is 12.7. The number of anilines is 2. The summed E-state index contributed by atoms with van der Waals surface area (Å²) in [6, 6.07) is 13.8. The van der Waals surface area contributed by atoms with Crippen LogP contribution in [0.2, 0.25) is 0 Å². The highest BCUT2D eigenvalue weighted by molar-refractivity contribution is 7.13. The van der Waals surface area contributed by atoms with Crippen molar-refractivity contribution in [3.63, 3.8) is 0 Å². The number of nitrogens with one attached hydrogen (secondary N) is 1. The van der Waals surface area contributed by atoms with Crippen molar-refractivity contribution in [2.45, 2.75) is 18.8 Å². The number of alkyl halides is 3. The summed E-state index contributed by atoms with van der Waals surface area (Å²) in [7, 11) is 4.16. The molecule has 0 spiro atoms. The van der Waals surface area contributed by atoms with Crippen LogP contribution in [0.5, 0.6) is 5.75 Å². The molecule has 0 aliphatic carbocycles. The van der Waals surface area contributed by atoms with E-state index in [-0.39, 0.29) is 22.0 Å². The molecule has 33 heavy (non-hydrogen) atoms. The van der Waals surface area contributed by atoms with E-state index in [4.69, 9.17) is 0 Å². The third-order valence-corrected chi connectivity index (χ3v) is 6.34. The number of carbonyl (C=O) groups is 1. The van der Waals surface area contributed by atoms with Crippen molar-refractivity contribution in [1.29, 1.82) is 0 Å². The summed E-state index contributed by atoms with van der Waals surface area (Å²) in [4.78, 5) is 21.4. The maximum atomic E-state index is 12.7. The van der Waals surface area contributed by atoms with Crippen molar-refractivity contribution >= 4 is 28.6 Å². The van der Waals surface area contributed by atoms with Crippen LogP contribution in [0.1, 0.15) is 16.9 Å². The fourth-order valence-electron chi connectivity index (χ4n) is 3.71. The van der Waals surface area contributed by atoms with E-state index in [1.54, 1.807) is 6.07 Å². The monoisotopic (exact) mass is 476 g/mol. The lowest BCUT2D eigenvalue weighted by molar-refractivity contribution is -0.274. The molecular formula is C23H23F3N4O2S. The number of aromatic nitrogens is 1. The molecule has 1 atom stereocenters. The van der Waals surface area contributed by atoms with Crippen molar-refractivity contribution in [3.05, 3.63) is 59.6 Å². The lowest BCUT2D eigenvalue weighted by atomic mass is 10.2. The number of thiazole rings is 1. The zero-order chi connectivity index (χ0) is 23.6. The first kappa shape index (κ1) is 23.1. The van der Waals surface area contributed by atoms with E-state index in [1.165, 1.54) is 23.6 Å². The number of likely N-dealkylation sites (N-methyl/N-ethyl adjacent to an activating group) is 1. The minimum atomic E-state index is -4.82. The van der Waals surface area contributed by atoms with E-state index in [0.717, 1.165) is 36.5 Å². The molecule has 3 aromatic rings. The maximum Gasteiger partial charge on any atom is 0.573 e. The van der Waals surface area contributed by atoms with E-state index >= 15 is 0 Å². The van der Waals surface area contributed by atoms with Crippen LogP contribution < -0.4 is 15.0 Å². The topological polar surface area (TPSA) is 57.7 Å². The number of rotatable bonds is 6. The largest absolute Gasteiger partial charge is 0.573 e. The van der Waals surface area contributed by atoms with Gasteiger partial charge in [0.15, 0.2) is 0 Å². The van der Waals surface area contributed by atoms with Gasteiger partial charge in [0.2, 0.25) is 0 Å². The van der Waals surface area contributed by atoms with Gasteiger partial charge in [-0.1, -0.05) is 12.1 Å². The van der Waals surface area contributed by atoms with E-state index in [0.29, 0.717) is 11.7 Å². The van der Waals surface area contributed by atoms with Gasteiger partial charge in [0, 0.05) is 35.9 Å². The number of carbonyl (C=O) groups excluding carboxylic acids is 1. The molecule has 4 rings (SSSR count). The van der Waals surface area contributed by atoms with Crippen LogP contribution in [0, 0.1) is 0 Å². The number of ether oxygens (including phenoxy) is 1. The summed E-state index contributed by atoms with van der Waals surface area (Å²) >= 11 is 1.07. The fourth-order valence-corrected chi connectivity index (χ4v) is 4.54. The van der Waals surface area contributed by atoms with Gasteiger partial charge in [-0.3, -0.25) is 4.79 Å². The minimum absolute atomic E-state index is 0.120. The molecule has 0 radical (unpaired) electrons. The third-order valence-electron chi connectivity index (χ3n) is 5.46. The number of halogens is 3. The van der Waals surface area contributed by atoms with E-state index < -0.39 is 12.3 Å². The summed E-state index contributed by atoms with van der Waals surface area (Å²) in [5.74, 6) is -0.798. The Balaban J connectivity index is 1.43. The zero-order valence-electron chi connectivity index (χ0n) is 18.1. The average Bonchev–Trinajstić information content (AvgIpc) is 3.44. The van der Waals surface area contributed by atoms with Gasteiger partial charge in [-0.2, -0.15) is 0 Å². The van der Waals surface area contributed by atoms with E-state index in [1.807, 2.05) is 24.3 Å². The molecule has 2 aromatic carbocycles. The van der Waals surface area contributed by atoms with E-state index in [2.05, 4.69) is 38.9 Å². The molecule has 1 amide bonds. The second kappa shape index (κ2) is 9.40. The summed E-state index contributed by atoms with van der Waals surface area (Å²) in [5.41, 5.74) is 2.00. The Kier molecular flexibility index (Phi) is 6.57. The van der Waals surface area contributed by atoms with Gasteiger partial charge in [-0.15, -0.1) is 24.5 Å². The molecule has 0 bridgehead atoms. The van der Waals surface area contributed by atoms with Gasteiger partial charge >= 0.3 is 6.36 Å². The number of hydrogen-bond donors (Lipinski definition) is 1. The van der Waals surface area contributed by atoms with Crippen LogP contribution in [0.25, 0.3) is 10.6 Å². The molecule has 0 saturated carbocycles. The number of amides is 1. The minimum Gasteiger partial charge on any atom is -0.405 e. The van der Waals surface area contributed by atoms with Crippen molar-refractivity contribution < 1.29 is 22.7 Å². The van der Waals surface area contributed by atoms with Gasteiger partial charge in [0.25, 0.3) is 5.91 Å². The molecule has 1 unspecified atom stereocenters. The first-order valence-electron chi connectivity index (χ1n) is 10.3. The number of hydrogen-bond acceptors (Lipinski definition) is 6. The van der Waals surface area contributed by atoms with Gasteiger partial charge in [0.05, 0.1) is 5.56 Å². The first-order chi connectivity index (χ1) is 15.7. The molecule has 6 nitrogen and oxygen atoms in total. The van der Waals surface area contributed by atoms with Crippen molar-refractivity contribution in [3.8, 4) is 16.3 Å². The predicted octanol–water partition coefficient (Wildman–Crippen LogP) is 5.10. The standard InChI is InChI=1S/C23H23F3N4O2S/c1-29(2)17-11-12-30(13-17)16-9-7-15(8-10-16)27-21(31)19-14-33-22(28-19)18-5-3-4-6-20(18)32-23(24,25)26/h3-10,14,17H,11-13H2,1-2H3,(H,27,31).